The van der Waals surface area contributed by atoms with E-state index in [1.165, 1.54) is 16.7 Å². The topological polar surface area (TPSA) is 88.7 Å². The molecule has 3 heterocycles. The zero-order chi connectivity index (χ0) is 23.8. The van der Waals surface area contributed by atoms with Gasteiger partial charge in [-0.25, -0.2) is 4.79 Å². The number of cyclic esters (lactones) is 1. The molecule has 0 bridgehead atoms. The minimum atomic E-state index is -1.13. The fraction of sp³-hybridized carbons (Fsp3) is 0.643. The predicted molar refractivity (Wildman–Crippen MR) is 122 cm³/mol. The summed E-state index contributed by atoms with van der Waals surface area (Å²) in [7, 11) is 0. The zero-order valence-electron chi connectivity index (χ0n) is 20.2. The summed E-state index contributed by atoms with van der Waals surface area (Å²) in [6.07, 6.45) is 5.69. The summed E-state index contributed by atoms with van der Waals surface area (Å²) in [5, 5.41) is 11.7. The molecule has 0 aromatic heterocycles. The lowest BCUT2D eigenvalue weighted by Crippen LogP contribution is -2.65. The van der Waals surface area contributed by atoms with Crippen molar-refractivity contribution in [3.8, 4) is 0 Å². The Morgan fingerprint density at radius 3 is 2.74 bits per heavy atom. The molecule has 6 heteroatoms. The van der Waals surface area contributed by atoms with E-state index in [-0.39, 0.29) is 47.8 Å². The van der Waals surface area contributed by atoms with Crippen LogP contribution in [0.25, 0.3) is 0 Å². The van der Waals surface area contributed by atoms with Gasteiger partial charge in [-0.05, 0) is 68.7 Å². The lowest BCUT2D eigenvalue weighted by molar-refractivity contribution is -0.164. The number of carbonyl (C=O) groups excluding carboxylic acids is 2. The standard InChI is InChI=1S/C28H32O6/c1-14(19-13-25(2)27(4,34-25)24(30)32-19)15-7-5-8-17-16(15)10-11-18-21(17)22-23(33-22)28(31)12-6-9-20(29)26(18,28)3/h5-9,14,18-19,21-23,31H,10-13H2,1-4H3/t14-,18-,19-,21+,22+,23+,25-,26-,27+,28-/m0/s1. The van der Waals surface area contributed by atoms with Crippen molar-refractivity contribution >= 4 is 11.8 Å². The summed E-state index contributed by atoms with van der Waals surface area (Å²) >= 11 is 0. The Morgan fingerprint density at radius 2 is 1.97 bits per heavy atom. The molecule has 10 atom stereocenters. The SMILES string of the molecule is C[C@@H](c1cccc2c1CC[C@H]1[C@@H]2[C@H]2O[C@H]2[C@@]2(O)CC=CC(=O)[C@]12C)[C@@H]1C[C@]2(C)O[C@]2(C)C(=O)O1. The van der Waals surface area contributed by atoms with Crippen molar-refractivity contribution < 1.29 is 28.9 Å². The van der Waals surface area contributed by atoms with Crippen LogP contribution in [0.1, 0.15) is 75.5 Å². The van der Waals surface area contributed by atoms with Crippen molar-refractivity contribution in [1.82, 2.24) is 0 Å². The van der Waals surface area contributed by atoms with Crippen LogP contribution < -0.4 is 0 Å². The van der Waals surface area contributed by atoms with Crippen molar-refractivity contribution in [2.75, 3.05) is 0 Å². The first-order valence-corrected chi connectivity index (χ1v) is 12.7. The van der Waals surface area contributed by atoms with Gasteiger partial charge in [0, 0.05) is 18.3 Å². The Bertz CT molecular complexity index is 1170. The Labute approximate surface area is 199 Å². The van der Waals surface area contributed by atoms with Gasteiger partial charge in [0.25, 0.3) is 0 Å². The van der Waals surface area contributed by atoms with Gasteiger partial charge in [0.15, 0.2) is 11.4 Å². The van der Waals surface area contributed by atoms with Crippen LogP contribution in [0.4, 0.5) is 0 Å². The molecule has 1 aromatic rings. The number of hydrogen-bond acceptors (Lipinski definition) is 6. The van der Waals surface area contributed by atoms with E-state index in [9.17, 15) is 14.7 Å². The Balaban J connectivity index is 1.26. The van der Waals surface area contributed by atoms with E-state index in [1.54, 1.807) is 12.2 Å². The van der Waals surface area contributed by atoms with Crippen molar-refractivity contribution in [3.63, 3.8) is 0 Å². The molecule has 0 unspecified atom stereocenters. The van der Waals surface area contributed by atoms with Gasteiger partial charge in [0.1, 0.15) is 23.4 Å². The average Bonchev–Trinajstić information content (AvgIpc) is 3.70. The van der Waals surface area contributed by atoms with E-state index in [2.05, 4.69) is 25.1 Å². The molecule has 6 nitrogen and oxygen atoms in total. The largest absolute Gasteiger partial charge is 0.459 e. The highest BCUT2D eigenvalue weighted by atomic mass is 16.7. The molecule has 1 N–H and O–H groups in total. The van der Waals surface area contributed by atoms with Gasteiger partial charge in [-0.3, -0.25) is 4.79 Å². The predicted octanol–water partition coefficient (Wildman–Crippen LogP) is 3.35. The summed E-state index contributed by atoms with van der Waals surface area (Å²) in [6.45, 7) is 7.92. The van der Waals surface area contributed by atoms with Crippen LogP contribution in [0.15, 0.2) is 30.4 Å². The molecular weight excluding hydrogens is 432 g/mol. The molecule has 4 fully saturated rings. The number of ether oxygens (including phenoxy) is 3. The van der Waals surface area contributed by atoms with E-state index < -0.39 is 22.2 Å². The normalized spacial score (nSPS) is 50.7. The maximum atomic E-state index is 13.2. The number of benzene rings is 1. The third-order valence-electron chi connectivity index (χ3n) is 10.6. The number of ketones is 1. The molecule has 180 valence electrons. The minimum absolute atomic E-state index is 0.0213. The molecule has 3 aliphatic heterocycles. The highest BCUT2D eigenvalue weighted by Gasteiger charge is 2.75. The van der Waals surface area contributed by atoms with Crippen LogP contribution in [0.3, 0.4) is 0 Å². The number of carbonyl (C=O) groups is 2. The van der Waals surface area contributed by atoms with E-state index in [1.807, 2.05) is 20.8 Å². The molecule has 0 radical (unpaired) electrons. The van der Waals surface area contributed by atoms with Crippen LogP contribution >= 0.6 is 0 Å². The second kappa shape index (κ2) is 6.21. The molecule has 3 saturated heterocycles. The summed E-state index contributed by atoms with van der Waals surface area (Å²) in [5.74, 6) is -0.0901. The molecule has 1 saturated carbocycles. The molecule has 3 aliphatic carbocycles. The van der Waals surface area contributed by atoms with Crippen LogP contribution in [0.2, 0.25) is 0 Å². The van der Waals surface area contributed by atoms with E-state index >= 15 is 0 Å². The molecule has 7 rings (SSSR count). The lowest BCUT2D eigenvalue weighted by atomic mass is 9.47. The second-order valence-corrected chi connectivity index (χ2v) is 12.0. The Hall–Kier alpha value is -2.02. The molecule has 34 heavy (non-hydrogen) atoms. The smallest absolute Gasteiger partial charge is 0.341 e. The summed E-state index contributed by atoms with van der Waals surface area (Å²) in [5.41, 5.74) is 0.512. The first-order chi connectivity index (χ1) is 16.1. The summed E-state index contributed by atoms with van der Waals surface area (Å²) < 4.78 is 17.8. The molecule has 6 aliphatic rings. The average molecular weight is 465 g/mol. The van der Waals surface area contributed by atoms with Crippen molar-refractivity contribution in [1.29, 1.82) is 0 Å². The quantitative estimate of drug-likeness (QED) is 0.534. The summed E-state index contributed by atoms with van der Waals surface area (Å²) in [6, 6.07) is 6.41. The fourth-order valence-electron chi connectivity index (χ4n) is 8.12. The van der Waals surface area contributed by atoms with Crippen molar-refractivity contribution in [2.24, 2.45) is 11.3 Å². The minimum Gasteiger partial charge on any atom is -0.459 e. The summed E-state index contributed by atoms with van der Waals surface area (Å²) in [4.78, 5) is 25.9. The molecular formula is C28H32O6. The highest BCUT2D eigenvalue weighted by molar-refractivity contribution is 5.97. The molecule has 0 spiro atoms. The third kappa shape index (κ3) is 2.28. The van der Waals surface area contributed by atoms with Crippen LogP contribution in [-0.4, -0.2) is 52.0 Å². The van der Waals surface area contributed by atoms with Crippen LogP contribution in [0, 0.1) is 11.3 Å². The van der Waals surface area contributed by atoms with Gasteiger partial charge in [0.05, 0.1) is 11.5 Å². The lowest BCUT2D eigenvalue weighted by Gasteiger charge is -2.55. The highest BCUT2D eigenvalue weighted by Crippen LogP contribution is 2.66. The third-order valence-corrected chi connectivity index (χ3v) is 10.6. The van der Waals surface area contributed by atoms with Gasteiger partial charge in [0.2, 0.25) is 0 Å². The van der Waals surface area contributed by atoms with Crippen molar-refractivity contribution in [3.05, 3.63) is 47.0 Å². The number of fused-ring (bicyclic) bond motifs is 9. The number of aliphatic hydroxyl groups is 1. The second-order valence-electron chi connectivity index (χ2n) is 12.0. The number of hydrogen-bond donors (Lipinski definition) is 1. The first-order valence-electron chi connectivity index (χ1n) is 12.7. The van der Waals surface area contributed by atoms with Crippen LogP contribution in [-0.2, 0) is 30.2 Å². The number of rotatable bonds is 2. The van der Waals surface area contributed by atoms with Gasteiger partial charge in [-0.1, -0.05) is 31.2 Å². The van der Waals surface area contributed by atoms with Gasteiger partial charge < -0.3 is 19.3 Å². The Kier molecular flexibility index (Phi) is 3.88. The van der Waals surface area contributed by atoms with E-state index in [4.69, 9.17) is 14.2 Å². The number of epoxide rings is 2. The molecule has 0 amide bonds. The number of esters is 1. The van der Waals surface area contributed by atoms with E-state index in [0.717, 1.165) is 12.8 Å². The zero-order valence-corrected chi connectivity index (χ0v) is 20.2. The Morgan fingerprint density at radius 1 is 1.18 bits per heavy atom. The fourth-order valence-corrected chi connectivity index (χ4v) is 8.12. The molecule has 1 aromatic carbocycles. The van der Waals surface area contributed by atoms with E-state index in [0.29, 0.717) is 12.8 Å². The first kappa shape index (κ1) is 21.3. The monoisotopic (exact) mass is 464 g/mol. The van der Waals surface area contributed by atoms with Crippen molar-refractivity contribution in [2.45, 2.75) is 100 Å². The van der Waals surface area contributed by atoms with Gasteiger partial charge in [-0.2, -0.15) is 0 Å². The van der Waals surface area contributed by atoms with Gasteiger partial charge >= 0.3 is 5.97 Å². The van der Waals surface area contributed by atoms with Crippen LogP contribution in [0.5, 0.6) is 0 Å². The number of allylic oxidation sites excluding steroid dienone is 1. The van der Waals surface area contributed by atoms with Gasteiger partial charge in [-0.15, -0.1) is 0 Å². The maximum absolute atomic E-state index is 13.2. The maximum Gasteiger partial charge on any atom is 0.341 e.